The molecule has 0 aliphatic heterocycles. The fourth-order valence-corrected chi connectivity index (χ4v) is 1.80. The first-order valence-corrected chi connectivity index (χ1v) is 5.29. The lowest BCUT2D eigenvalue weighted by molar-refractivity contribution is -0.0689. The average molecular weight is 290 g/mol. The SMILES string of the molecule is C/C=C(/c1cc(Cl)c(Cl)c(Cl)c1)C(F)(F)F. The molecule has 0 unspecified atom stereocenters. The molecule has 0 atom stereocenters. The van der Waals surface area contributed by atoms with Crippen LogP contribution in [0.1, 0.15) is 12.5 Å². The Kier molecular flexibility index (Phi) is 4.16. The van der Waals surface area contributed by atoms with Gasteiger partial charge in [0, 0.05) is 0 Å². The maximum atomic E-state index is 12.6. The van der Waals surface area contributed by atoms with Gasteiger partial charge in [0.15, 0.2) is 0 Å². The first-order chi connectivity index (χ1) is 7.27. The number of allylic oxidation sites excluding steroid dienone is 2. The van der Waals surface area contributed by atoms with E-state index in [2.05, 4.69) is 0 Å². The van der Waals surface area contributed by atoms with Crippen molar-refractivity contribution in [2.75, 3.05) is 0 Å². The molecule has 6 heteroatoms. The van der Waals surface area contributed by atoms with Crippen LogP contribution >= 0.6 is 34.8 Å². The van der Waals surface area contributed by atoms with E-state index >= 15 is 0 Å². The summed E-state index contributed by atoms with van der Waals surface area (Å²) in [6, 6.07) is 2.27. The average Bonchev–Trinajstić information content (AvgIpc) is 2.12. The fraction of sp³-hybridized carbons (Fsp3) is 0.200. The molecule has 16 heavy (non-hydrogen) atoms. The van der Waals surface area contributed by atoms with Crippen LogP contribution in [-0.4, -0.2) is 6.18 Å². The molecule has 0 heterocycles. The number of halogens is 6. The minimum atomic E-state index is -4.45. The highest BCUT2D eigenvalue weighted by atomic mass is 35.5. The van der Waals surface area contributed by atoms with Crippen LogP contribution in [0.3, 0.4) is 0 Å². The van der Waals surface area contributed by atoms with Gasteiger partial charge in [0.25, 0.3) is 0 Å². The summed E-state index contributed by atoms with van der Waals surface area (Å²) in [5, 5.41) is 0.0326. The molecule has 0 bridgehead atoms. The van der Waals surface area contributed by atoms with Gasteiger partial charge in [-0.05, 0) is 24.6 Å². The van der Waals surface area contributed by atoms with E-state index in [1.54, 1.807) is 0 Å². The molecule has 0 amide bonds. The molecule has 0 fully saturated rings. The second-order valence-corrected chi connectivity index (χ2v) is 4.15. The monoisotopic (exact) mass is 288 g/mol. The van der Waals surface area contributed by atoms with Crippen LogP contribution in [0.2, 0.25) is 15.1 Å². The molecule has 1 rings (SSSR count). The summed E-state index contributed by atoms with van der Waals surface area (Å²) in [4.78, 5) is 0. The first-order valence-electron chi connectivity index (χ1n) is 4.15. The second kappa shape index (κ2) is 4.86. The molecule has 0 N–H and O–H groups in total. The highest BCUT2D eigenvalue weighted by Crippen LogP contribution is 2.39. The fourth-order valence-electron chi connectivity index (χ4n) is 1.21. The molecule has 0 aliphatic carbocycles. The Bertz CT molecular complexity index is 412. The van der Waals surface area contributed by atoms with Crippen LogP contribution < -0.4 is 0 Å². The van der Waals surface area contributed by atoms with Crippen molar-refractivity contribution in [3.63, 3.8) is 0 Å². The van der Waals surface area contributed by atoms with Crippen LogP contribution in [0.15, 0.2) is 18.2 Å². The smallest absolute Gasteiger partial charge is 0.166 e. The minimum absolute atomic E-state index is 0.00670. The summed E-state index contributed by atoms with van der Waals surface area (Å²) in [5.41, 5.74) is -0.901. The molecule has 88 valence electrons. The molecule has 0 radical (unpaired) electrons. The largest absolute Gasteiger partial charge is 0.416 e. The maximum absolute atomic E-state index is 12.6. The van der Waals surface area contributed by atoms with Crippen molar-refractivity contribution in [3.8, 4) is 0 Å². The molecule has 0 saturated heterocycles. The van der Waals surface area contributed by atoms with Gasteiger partial charge < -0.3 is 0 Å². The van der Waals surface area contributed by atoms with Crippen molar-refractivity contribution < 1.29 is 13.2 Å². The third kappa shape index (κ3) is 2.84. The molecule has 0 aliphatic rings. The van der Waals surface area contributed by atoms with Gasteiger partial charge in [-0.2, -0.15) is 13.2 Å². The Hall–Kier alpha value is -0.380. The molecule has 1 aromatic rings. The molecule has 0 nitrogen and oxygen atoms in total. The molecular weight excluding hydrogens is 283 g/mol. The van der Waals surface area contributed by atoms with Gasteiger partial charge in [-0.3, -0.25) is 0 Å². The van der Waals surface area contributed by atoms with E-state index in [1.165, 1.54) is 6.92 Å². The zero-order chi connectivity index (χ0) is 12.5. The lowest BCUT2D eigenvalue weighted by Gasteiger charge is -2.12. The topological polar surface area (TPSA) is 0 Å². The van der Waals surface area contributed by atoms with Crippen LogP contribution in [0.25, 0.3) is 5.57 Å². The Balaban J connectivity index is 3.35. The Morgan fingerprint density at radius 3 is 1.88 bits per heavy atom. The second-order valence-electron chi connectivity index (χ2n) is 2.95. The van der Waals surface area contributed by atoms with Crippen molar-refractivity contribution >= 4 is 40.4 Å². The van der Waals surface area contributed by atoms with Gasteiger partial charge >= 0.3 is 6.18 Å². The molecule has 0 aromatic heterocycles. The van der Waals surface area contributed by atoms with E-state index in [0.717, 1.165) is 18.2 Å². The van der Waals surface area contributed by atoms with Gasteiger partial charge in [-0.1, -0.05) is 40.9 Å². The highest BCUT2D eigenvalue weighted by molar-refractivity contribution is 6.48. The summed E-state index contributed by atoms with van der Waals surface area (Å²) < 4.78 is 37.7. The third-order valence-corrected chi connectivity index (χ3v) is 3.09. The zero-order valence-corrected chi connectivity index (χ0v) is 10.3. The van der Waals surface area contributed by atoms with E-state index in [1.807, 2.05) is 0 Å². The quantitative estimate of drug-likeness (QED) is 0.589. The summed E-state index contributed by atoms with van der Waals surface area (Å²) in [6.07, 6.45) is -3.49. The lowest BCUT2D eigenvalue weighted by atomic mass is 10.1. The van der Waals surface area contributed by atoms with Gasteiger partial charge in [-0.15, -0.1) is 0 Å². The molecule has 1 aromatic carbocycles. The van der Waals surface area contributed by atoms with Gasteiger partial charge in [-0.25, -0.2) is 0 Å². The summed E-state index contributed by atoms with van der Waals surface area (Å²) >= 11 is 17.0. The van der Waals surface area contributed by atoms with Crippen molar-refractivity contribution in [3.05, 3.63) is 38.8 Å². The van der Waals surface area contributed by atoms with Crippen LogP contribution in [0.5, 0.6) is 0 Å². The summed E-state index contributed by atoms with van der Waals surface area (Å²) in [6.45, 7) is 1.29. The van der Waals surface area contributed by atoms with E-state index in [9.17, 15) is 13.2 Å². The van der Waals surface area contributed by atoms with Crippen molar-refractivity contribution in [1.82, 2.24) is 0 Å². The molecule has 0 spiro atoms. The maximum Gasteiger partial charge on any atom is 0.416 e. The standard InChI is InChI=1S/C10H6Cl3F3/c1-2-6(10(14,15)16)5-3-7(11)9(13)8(12)4-5/h2-4H,1H3/b6-2-. The number of benzene rings is 1. The predicted octanol–water partition coefficient (Wildman–Crippen LogP) is 5.61. The Morgan fingerprint density at radius 1 is 1.12 bits per heavy atom. The number of hydrogen-bond acceptors (Lipinski definition) is 0. The molecular formula is C10H6Cl3F3. The number of rotatable bonds is 1. The predicted molar refractivity (Wildman–Crippen MR) is 61.2 cm³/mol. The number of alkyl halides is 3. The number of hydrogen-bond donors (Lipinski definition) is 0. The van der Waals surface area contributed by atoms with Crippen LogP contribution in [-0.2, 0) is 0 Å². The van der Waals surface area contributed by atoms with Crippen molar-refractivity contribution in [1.29, 1.82) is 0 Å². The van der Waals surface area contributed by atoms with Gasteiger partial charge in [0.05, 0.1) is 20.6 Å². The van der Waals surface area contributed by atoms with Gasteiger partial charge in [0.1, 0.15) is 0 Å². The third-order valence-electron chi connectivity index (χ3n) is 1.89. The first kappa shape index (κ1) is 13.7. The van der Waals surface area contributed by atoms with E-state index < -0.39 is 11.7 Å². The van der Waals surface area contributed by atoms with Crippen LogP contribution in [0.4, 0.5) is 13.2 Å². The van der Waals surface area contributed by atoms with Gasteiger partial charge in [0.2, 0.25) is 0 Å². The summed E-state index contributed by atoms with van der Waals surface area (Å²) in [7, 11) is 0. The van der Waals surface area contributed by atoms with E-state index in [-0.39, 0.29) is 20.6 Å². The summed E-state index contributed by atoms with van der Waals surface area (Å²) in [5.74, 6) is 0. The lowest BCUT2D eigenvalue weighted by Crippen LogP contribution is -2.10. The Labute approximate surface area is 106 Å². The molecule has 0 saturated carbocycles. The van der Waals surface area contributed by atoms with Crippen molar-refractivity contribution in [2.45, 2.75) is 13.1 Å². The minimum Gasteiger partial charge on any atom is -0.166 e. The van der Waals surface area contributed by atoms with E-state index in [4.69, 9.17) is 34.8 Å². The van der Waals surface area contributed by atoms with E-state index in [0.29, 0.717) is 0 Å². The zero-order valence-electron chi connectivity index (χ0n) is 8.00. The van der Waals surface area contributed by atoms with Crippen LogP contribution in [0, 0.1) is 0 Å². The van der Waals surface area contributed by atoms with Crippen molar-refractivity contribution in [2.24, 2.45) is 0 Å². The highest BCUT2D eigenvalue weighted by Gasteiger charge is 2.34. The normalized spacial score (nSPS) is 13.1. The Morgan fingerprint density at radius 2 is 1.56 bits per heavy atom.